The van der Waals surface area contributed by atoms with Gasteiger partial charge in [0.05, 0.1) is 5.69 Å². The maximum Gasteiger partial charge on any atom is 0.339 e. The molecule has 0 aliphatic heterocycles. The number of carboxylic acids is 1. The maximum atomic E-state index is 11.0. The standard InChI is InChI=1S/C13H21N3O2/c1-10-8-12(11(9-15-10)13(17)18)14-6-4-5-7-16(2)3/h8-9H,4-7H2,1-3H3,(H,14,15)(H,17,18). The number of anilines is 1. The van der Waals surface area contributed by atoms with Crippen molar-refractivity contribution in [2.75, 3.05) is 32.5 Å². The zero-order chi connectivity index (χ0) is 13.5. The van der Waals surface area contributed by atoms with Crippen LogP contribution >= 0.6 is 0 Å². The smallest absolute Gasteiger partial charge is 0.339 e. The minimum atomic E-state index is -0.946. The van der Waals surface area contributed by atoms with E-state index < -0.39 is 5.97 Å². The molecule has 0 radical (unpaired) electrons. The number of pyridine rings is 1. The molecule has 100 valence electrons. The van der Waals surface area contributed by atoms with Gasteiger partial charge in [0, 0.05) is 18.4 Å². The Labute approximate surface area is 108 Å². The Morgan fingerprint density at radius 2 is 2.17 bits per heavy atom. The first-order valence-electron chi connectivity index (χ1n) is 6.09. The Hall–Kier alpha value is -1.62. The number of hydrogen-bond donors (Lipinski definition) is 2. The fourth-order valence-electron chi connectivity index (χ4n) is 1.65. The molecular formula is C13H21N3O2. The third-order valence-electron chi connectivity index (χ3n) is 2.62. The first-order chi connectivity index (χ1) is 8.50. The molecular weight excluding hydrogens is 230 g/mol. The molecule has 2 N–H and O–H groups in total. The minimum Gasteiger partial charge on any atom is -0.478 e. The van der Waals surface area contributed by atoms with Gasteiger partial charge in [-0.1, -0.05) is 0 Å². The fraction of sp³-hybridized carbons (Fsp3) is 0.538. The van der Waals surface area contributed by atoms with Crippen molar-refractivity contribution in [1.82, 2.24) is 9.88 Å². The Balaban J connectivity index is 2.50. The number of nitrogens with zero attached hydrogens (tertiary/aromatic N) is 2. The molecule has 0 amide bonds. The van der Waals surface area contributed by atoms with E-state index in [0.717, 1.165) is 31.6 Å². The molecule has 18 heavy (non-hydrogen) atoms. The Kier molecular flexibility index (Phi) is 5.58. The summed E-state index contributed by atoms with van der Waals surface area (Å²) in [4.78, 5) is 17.2. The summed E-state index contributed by atoms with van der Waals surface area (Å²) in [5.41, 5.74) is 1.70. The number of rotatable bonds is 7. The lowest BCUT2D eigenvalue weighted by atomic mass is 10.2. The molecule has 1 aromatic heterocycles. The van der Waals surface area contributed by atoms with Crippen LogP contribution in [0.5, 0.6) is 0 Å². The summed E-state index contributed by atoms with van der Waals surface area (Å²) in [5, 5.41) is 12.2. The molecule has 0 aliphatic carbocycles. The van der Waals surface area contributed by atoms with Gasteiger partial charge in [0.1, 0.15) is 5.56 Å². The van der Waals surface area contributed by atoms with Gasteiger partial charge in [-0.2, -0.15) is 0 Å². The minimum absolute atomic E-state index is 0.230. The van der Waals surface area contributed by atoms with E-state index in [9.17, 15) is 4.79 Å². The first-order valence-corrected chi connectivity index (χ1v) is 6.09. The normalized spacial score (nSPS) is 10.7. The first kappa shape index (κ1) is 14.4. The van der Waals surface area contributed by atoms with Gasteiger partial charge in [-0.05, 0) is 46.5 Å². The Morgan fingerprint density at radius 3 is 2.78 bits per heavy atom. The topological polar surface area (TPSA) is 65.5 Å². The molecule has 0 saturated carbocycles. The number of aromatic carboxylic acids is 1. The van der Waals surface area contributed by atoms with Crippen molar-refractivity contribution >= 4 is 11.7 Å². The number of hydrogen-bond acceptors (Lipinski definition) is 4. The monoisotopic (exact) mass is 251 g/mol. The second kappa shape index (κ2) is 6.96. The highest BCUT2D eigenvalue weighted by Gasteiger charge is 2.10. The van der Waals surface area contributed by atoms with Gasteiger partial charge in [0.15, 0.2) is 0 Å². The van der Waals surface area contributed by atoms with Crippen LogP contribution in [0.3, 0.4) is 0 Å². The maximum absolute atomic E-state index is 11.0. The average Bonchev–Trinajstić information content (AvgIpc) is 2.27. The van der Waals surface area contributed by atoms with E-state index in [1.54, 1.807) is 6.07 Å². The van der Waals surface area contributed by atoms with E-state index in [-0.39, 0.29) is 5.56 Å². The van der Waals surface area contributed by atoms with Crippen LogP contribution in [0, 0.1) is 6.92 Å². The highest BCUT2D eigenvalue weighted by molar-refractivity contribution is 5.93. The second-order valence-electron chi connectivity index (χ2n) is 4.61. The highest BCUT2D eigenvalue weighted by atomic mass is 16.4. The molecule has 5 heteroatoms. The lowest BCUT2D eigenvalue weighted by molar-refractivity contribution is 0.0697. The van der Waals surface area contributed by atoms with Crippen LogP contribution in [0.15, 0.2) is 12.3 Å². The van der Waals surface area contributed by atoms with Crippen molar-refractivity contribution < 1.29 is 9.90 Å². The van der Waals surface area contributed by atoms with Crippen molar-refractivity contribution in [1.29, 1.82) is 0 Å². The third kappa shape index (κ3) is 4.71. The van der Waals surface area contributed by atoms with E-state index in [1.165, 1.54) is 6.20 Å². The predicted molar refractivity (Wildman–Crippen MR) is 72.2 cm³/mol. The quantitative estimate of drug-likeness (QED) is 0.724. The molecule has 0 atom stereocenters. The highest BCUT2D eigenvalue weighted by Crippen LogP contribution is 2.15. The number of aryl methyl sites for hydroxylation is 1. The Morgan fingerprint density at radius 1 is 1.44 bits per heavy atom. The Bertz CT molecular complexity index is 405. The van der Waals surface area contributed by atoms with Gasteiger partial charge in [0.2, 0.25) is 0 Å². The lowest BCUT2D eigenvalue weighted by Gasteiger charge is -2.11. The molecule has 0 spiro atoms. The number of unbranched alkanes of at least 4 members (excludes halogenated alkanes) is 1. The van der Waals surface area contributed by atoms with E-state index in [0.29, 0.717) is 5.69 Å². The molecule has 0 fully saturated rings. The zero-order valence-corrected chi connectivity index (χ0v) is 11.2. The van der Waals surface area contributed by atoms with Gasteiger partial charge < -0.3 is 15.3 Å². The van der Waals surface area contributed by atoms with E-state index >= 15 is 0 Å². The largest absolute Gasteiger partial charge is 0.478 e. The van der Waals surface area contributed by atoms with Crippen LogP contribution in [0.4, 0.5) is 5.69 Å². The third-order valence-corrected chi connectivity index (χ3v) is 2.62. The molecule has 0 unspecified atom stereocenters. The molecule has 0 aromatic carbocycles. The van der Waals surface area contributed by atoms with Crippen LogP contribution in [-0.2, 0) is 0 Å². The van der Waals surface area contributed by atoms with Crippen molar-refractivity contribution in [3.8, 4) is 0 Å². The zero-order valence-electron chi connectivity index (χ0n) is 11.2. The number of carboxylic acid groups (broad SMARTS) is 1. The van der Waals surface area contributed by atoms with Crippen LogP contribution in [0.2, 0.25) is 0 Å². The second-order valence-corrected chi connectivity index (χ2v) is 4.61. The summed E-state index contributed by atoms with van der Waals surface area (Å²) in [5.74, 6) is -0.946. The lowest BCUT2D eigenvalue weighted by Crippen LogP contribution is -2.14. The summed E-state index contributed by atoms with van der Waals surface area (Å²) in [6, 6.07) is 1.77. The van der Waals surface area contributed by atoms with E-state index in [1.807, 2.05) is 21.0 Å². The number of nitrogens with one attached hydrogen (secondary N) is 1. The molecule has 5 nitrogen and oxygen atoms in total. The molecule has 0 aliphatic rings. The van der Waals surface area contributed by atoms with Crippen LogP contribution in [0.1, 0.15) is 28.9 Å². The van der Waals surface area contributed by atoms with Gasteiger partial charge in [-0.3, -0.25) is 4.98 Å². The van der Waals surface area contributed by atoms with Crippen molar-refractivity contribution in [3.63, 3.8) is 0 Å². The SMILES string of the molecule is Cc1cc(NCCCCN(C)C)c(C(=O)O)cn1. The summed E-state index contributed by atoms with van der Waals surface area (Å²) in [6.45, 7) is 3.67. The van der Waals surface area contributed by atoms with Crippen LogP contribution < -0.4 is 5.32 Å². The molecule has 0 saturated heterocycles. The number of aromatic nitrogens is 1. The van der Waals surface area contributed by atoms with Crippen molar-refractivity contribution in [3.05, 3.63) is 23.5 Å². The predicted octanol–water partition coefficient (Wildman–Crippen LogP) is 1.84. The summed E-state index contributed by atoms with van der Waals surface area (Å²) in [6.07, 6.45) is 3.50. The van der Waals surface area contributed by atoms with Gasteiger partial charge in [-0.15, -0.1) is 0 Å². The molecule has 1 aromatic rings. The summed E-state index contributed by atoms with van der Waals surface area (Å²) in [7, 11) is 4.09. The van der Waals surface area contributed by atoms with E-state index in [2.05, 4.69) is 15.2 Å². The van der Waals surface area contributed by atoms with Crippen LogP contribution in [0.25, 0.3) is 0 Å². The van der Waals surface area contributed by atoms with E-state index in [4.69, 9.17) is 5.11 Å². The average molecular weight is 251 g/mol. The van der Waals surface area contributed by atoms with Gasteiger partial charge in [0.25, 0.3) is 0 Å². The summed E-state index contributed by atoms with van der Waals surface area (Å²) < 4.78 is 0. The van der Waals surface area contributed by atoms with Crippen LogP contribution in [-0.4, -0.2) is 48.1 Å². The van der Waals surface area contributed by atoms with Gasteiger partial charge in [-0.25, -0.2) is 4.79 Å². The summed E-state index contributed by atoms with van der Waals surface area (Å²) >= 11 is 0. The van der Waals surface area contributed by atoms with Crippen molar-refractivity contribution in [2.24, 2.45) is 0 Å². The molecule has 1 heterocycles. The molecule has 1 rings (SSSR count). The molecule has 0 bridgehead atoms. The fourth-order valence-corrected chi connectivity index (χ4v) is 1.65. The van der Waals surface area contributed by atoms with Crippen molar-refractivity contribution in [2.45, 2.75) is 19.8 Å². The van der Waals surface area contributed by atoms with Gasteiger partial charge >= 0.3 is 5.97 Å². The number of carbonyl (C=O) groups is 1.